The van der Waals surface area contributed by atoms with Crippen LogP contribution in [0.5, 0.6) is 0 Å². The van der Waals surface area contributed by atoms with Gasteiger partial charge in [0.15, 0.2) is 0 Å². The van der Waals surface area contributed by atoms with Gasteiger partial charge in [0.2, 0.25) is 0 Å². The molecule has 2 aromatic carbocycles. The predicted octanol–water partition coefficient (Wildman–Crippen LogP) is 4.21. The Labute approximate surface area is 101 Å². The fraction of sp³-hybridized carbons (Fsp3) is 0.0625. The predicted molar refractivity (Wildman–Crippen MR) is 71.9 cm³/mol. The van der Waals surface area contributed by atoms with Crippen LogP contribution in [0, 0.1) is 6.92 Å². The molecule has 3 aromatic rings. The summed E-state index contributed by atoms with van der Waals surface area (Å²) in [6.45, 7) is 2.10. The smallest absolute Gasteiger partial charge is 0.0737 e. The second-order valence-corrected chi connectivity index (χ2v) is 4.20. The van der Waals surface area contributed by atoms with E-state index in [0.29, 0.717) is 0 Å². The van der Waals surface area contributed by atoms with Crippen molar-refractivity contribution in [1.82, 2.24) is 4.98 Å². The highest BCUT2D eigenvalue weighted by Gasteiger charge is 2.06. The molecule has 0 amide bonds. The summed E-state index contributed by atoms with van der Waals surface area (Å²) in [5.74, 6) is 0. The minimum absolute atomic E-state index is 1.07. The quantitative estimate of drug-likeness (QED) is 0.597. The number of hydrogen-bond donors (Lipinski definition) is 0. The van der Waals surface area contributed by atoms with Crippen LogP contribution in [0.3, 0.4) is 0 Å². The molecule has 17 heavy (non-hydrogen) atoms. The maximum Gasteiger partial charge on any atom is 0.0737 e. The monoisotopic (exact) mass is 219 g/mol. The van der Waals surface area contributed by atoms with Crippen LogP contribution in [0.4, 0.5) is 0 Å². The van der Waals surface area contributed by atoms with Crippen molar-refractivity contribution < 1.29 is 0 Å². The number of hydrogen-bond acceptors (Lipinski definition) is 1. The van der Waals surface area contributed by atoms with Crippen molar-refractivity contribution in [1.29, 1.82) is 0 Å². The van der Waals surface area contributed by atoms with E-state index in [9.17, 15) is 0 Å². The number of aromatic nitrogens is 1. The third-order valence-electron chi connectivity index (χ3n) is 3.05. The molecule has 0 saturated carbocycles. The highest BCUT2D eigenvalue weighted by Crippen LogP contribution is 2.28. The number of rotatable bonds is 1. The SMILES string of the molecule is Cc1cccnc1-c1cccc2ccccc12. The molecular formula is C16H13N. The summed E-state index contributed by atoms with van der Waals surface area (Å²) in [6, 6.07) is 18.9. The van der Waals surface area contributed by atoms with E-state index in [2.05, 4.69) is 60.4 Å². The van der Waals surface area contributed by atoms with Gasteiger partial charge in [-0.15, -0.1) is 0 Å². The maximum absolute atomic E-state index is 4.50. The van der Waals surface area contributed by atoms with Crippen LogP contribution in [-0.2, 0) is 0 Å². The Hall–Kier alpha value is -2.15. The first-order valence-corrected chi connectivity index (χ1v) is 5.76. The van der Waals surface area contributed by atoms with Crippen LogP contribution >= 0.6 is 0 Å². The number of fused-ring (bicyclic) bond motifs is 1. The highest BCUT2D eigenvalue weighted by molar-refractivity contribution is 5.96. The number of pyridine rings is 1. The molecule has 0 aliphatic carbocycles. The first kappa shape index (κ1) is 10.0. The van der Waals surface area contributed by atoms with Crippen molar-refractivity contribution in [2.45, 2.75) is 6.92 Å². The molecule has 0 atom stereocenters. The molecule has 0 aliphatic heterocycles. The van der Waals surface area contributed by atoms with E-state index < -0.39 is 0 Å². The van der Waals surface area contributed by atoms with E-state index in [1.54, 1.807) is 0 Å². The van der Waals surface area contributed by atoms with E-state index in [1.165, 1.54) is 21.9 Å². The van der Waals surface area contributed by atoms with Crippen molar-refractivity contribution >= 4 is 10.8 Å². The molecule has 0 aliphatic rings. The van der Waals surface area contributed by atoms with Gasteiger partial charge < -0.3 is 0 Å². The lowest BCUT2D eigenvalue weighted by Crippen LogP contribution is -1.88. The van der Waals surface area contributed by atoms with Crippen LogP contribution in [0.1, 0.15) is 5.56 Å². The Balaban J connectivity index is 2.35. The topological polar surface area (TPSA) is 12.9 Å². The zero-order valence-corrected chi connectivity index (χ0v) is 9.72. The van der Waals surface area contributed by atoms with Gasteiger partial charge in [0.25, 0.3) is 0 Å². The summed E-state index contributed by atoms with van der Waals surface area (Å²) in [4.78, 5) is 4.50. The Morgan fingerprint density at radius 2 is 1.65 bits per heavy atom. The normalized spacial score (nSPS) is 10.6. The fourth-order valence-corrected chi connectivity index (χ4v) is 2.20. The summed E-state index contributed by atoms with van der Waals surface area (Å²) in [5.41, 5.74) is 3.49. The van der Waals surface area contributed by atoms with Crippen molar-refractivity contribution in [2.75, 3.05) is 0 Å². The minimum atomic E-state index is 1.07. The number of aryl methyl sites for hydroxylation is 1. The van der Waals surface area contributed by atoms with Crippen molar-refractivity contribution in [3.05, 3.63) is 66.4 Å². The Morgan fingerprint density at radius 3 is 2.53 bits per heavy atom. The van der Waals surface area contributed by atoms with Crippen LogP contribution in [0.2, 0.25) is 0 Å². The fourth-order valence-electron chi connectivity index (χ4n) is 2.20. The van der Waals surface area contributed by atoms with Crippen molar-refractivity contribution in [2.24, 2.45) is 0 Å². The summed E-state index contributed by atoms with van der Waals surface area (Å²) in [6.07, 6.45) is 1.85. The molecular weight excluding hydrogens is 206 g/mol. The van der Waals surface area contributed by atoms with Gasteiger partial charge in [0.1, 0.15) is 0 Å². The molecule has 0 radical (unpaired) electrons. The summed E-state index contributed by atoms with van der Waals surface area (Å²) < 4.78 is 0. The molecule has 82 valence electrons. The first-order chi connectivity index (χ1) is 8.36. The standard InChI is InChI=1S/C16H13N/c1-12-6-5-11-17-16(12)15-10-4-8-13-7-2-3-9-14(13)15/h2-11H,1H3. The van der Waals surface area contributed by atoms with E-state index in [1.807, 2.05) is 12.3 Å². The Morgan fingerprint density at radius 1 is 0.824 bits per heavy atom. The lowest BCUT2D eigenvalue weighted by Gasteiger charge is -2.08. The molecule has 0 bridgehead atoms. The zero-order valence-electron chi connectivity index (χ0n) is 9.72. The molecule has 1 heteroatoms. The third kappa shape index (κ3) is 1.70. The second-order valence-electron chi connectivity index (χ2n) is 4.20. The molecule has 0 spiro atoms. The van der Waals surface area contributed by atoms with Gasteiger partial charge in [-0.2, -0.15) is 0 Å². The first-order valence-electron chi connectivity index (χ1n) is 5.76. The molecule has 0 fully saturated rings. The van der Waals surface area contributed by atoms with Gasteiger partial charge in [-0.25, -0.2) is 0 Å². The molecule has 0 N–H and O–H groups in total. The summed E-state index contributed by atoms with van der Waals surface area (Å²) in [7, 11) is 0. The van der Waals surface area contributed by atoms with Crippen LogP contribution in [0.15, 0.2) is 60.8 Å². The van der Waals surface area contributed by atoms with Crippen LogP contribution in [-0.4, -0.2) is 4.98 Å². The summed E-state index contributed by atoms with van der Waals surface area (Å²) in [5, 5.41) is 2.52. The van der Waals surface area contributed by atoms with Gasteiger partial charge in [-0.05, 0) is 29.3 Å². The van der Waals surface area contributed by atoms with E-state index in [0.717, 1.165) is 5.69 Å². The lowest BCUT2D eigenvalue weighted by molar-refractivity contribution is 1.28. The molecule has 1 heterocycles. The lowest BCUT2D eigenvalue weighted by atomic mass is 9.99. The Kier molecular flexibility index (Phi) is 2.37. The Bertz CT molecular complexity index is 666. The van der Waals surface area contributed by atoms with Gasteiger partial charge in [0, 0.05) is 11.8 Å². The number of nitrogens with zero attached hydrogens (tertiary/aromatic N) is 1. The van der Waals surface area contributed by atoms with Gasteiger partial charge >= 0.3 is 0 Å². The second kappa shape index (κ2) is 4.02. The molecule has 3 rings (SSSR count). The largest absolute Gasteiger partial charge is 0.256 e. The highest BCUT2D eigenvalue weighted by atomic mass is 14.7. The van der Waals surface area contributed by atoms with E-state index in [-0.39, 0.29) is 0 Å². The van der Waals surface area contributed by atoms with E-state index >= 15 is 0 Å². The van der Waals surface area contributed by atoms with Crippen LogP contribution < -0.4 is 0 Å². The summed E-state index contributed by atoms with van der Waals surface area (Å²) >= 11 is 0. The average molecular weight is 219 g/mol. The average Bonchev–Trinajstić information content (AvgIpc) is 2.39. The third-order valence-corrected chi connectivity index (χ3v) is 3.05. The molecule has 0 saturated heterocycles. The number of benzene rings is 2. The van der Waals surface area contributed by atoms with Gasteiger partial charge in [-0.1, -0.05) is 48.5 Å². The zero-order chi connectivity index (χ0) is 11.7. The minimum Gasteiger partial charge on any atom is -0.256 e. The van der Waals surface area contributed by atoms with Crippen molar-refractivity contribution in [3.63, 3.8) is 0 Å². The van der Waals surface area contributed by atoms with Gasteiger partial charge in [-0.3, -0.25) is 4.98 Å². The molecule has 1 nitrogen and oxygen atoms in total. The van der Waals surface area contributed by atoms with E-state index in [4.69, 9.17) is 0 Å². The van der Waals surface area contributed by atoms with Gasteiger partial charge in [0.05, 0.1) is 5.69 Å². The molecule has 1 aromatic heterocycles. The van der Waals surface area contributed by atoms with Crippen molar-refractivity contribution in [3.8, 4) is 11.3 Å². The van der Waals surface area contributed by atoms with Crippen LogP contribution in [0.25, 0.3) is 22.0 Å². The molecule has 0 unspecified atom stereocenters. The maximum atomic E-state index is 4.50.